The number of anilines is 1. The van der Waals surface area contributed by atoms with Gasteiger partial charge in [0.1, 0.15) is 16.7 Å². The third kappa shape index (κ3) is 5.05. The molecule has 138 valence electrons. The SMILES string of the molecule is N#C/C(=C/c1ccc(Cl)c([N+](=O)[O-])c1)C(=O)Nc1cccc(C(F)(F)F)c1. The number of benzene rings is 2. The molecule has 2 aromatic rings. The Morgan fingerprint density at radius 1 is 1.26 bits per heavy atom. The zero-order valence-corrected chi connectivity index (χ0v) is 14.0. The van der Waals surface area contributed by atoms with E-state index in [4.69, 9.17) is 16.9 Å². The van der Waals surface area contributed by atoms with Crippen molar-refractivity contribution in [2.24, 2.45) is 0 Å². The van der Waals surface area contributed by atoms with Gasteiger partial charge in [-0.05, 0) is 35.9 Å². The first-order valence-corrected chi connectivity index (χ1v) is 7.54. The van der Waals surface area contributed by atoms with Crippen LogP contribution in [0.1, 0.15) is 11.1 Å². The van der Waals surface area contributed by atoms with Crippen LogP contribution in [0.25, 0.3) is 6.08 Å². The Kier molecular flexibility index (Phi) is 5.82. The molecule has 0 aromatic heterocycles. The number of nitrogens with zero attached hydrogens (tertiary/aromatic N) is 2. The van der Waals surface area contributed by atoms with E-state index in [0.29, 0.717) is 0 Å². The first-order valence-electron chi connectivity index (χ1n) is 7.16. The number of alkyl halides is 3. The van der Waals surface area contributed by atoms with Crippen LogP contribution < -0.4 is 5.32 Å². The minimum atomic E-state index is -4.59. The van der Waals surface area contributed by atoms with Gasteiger partial charge in [0, 0.05) is 11.8 Å². The van der Waals surface area contributed by atoms with E-state index in [0.717, 1.165) is 30.3 Å². The summed E-state index contributed by atoms with van der Waals surface area (Å²) in [6, 6.07) is 9.15. The molecule has 0 saturated carbocycles. The lowest BCUT2D eigenvalue weighted by molar-refractivity contribution is -0.384. The zero-order chi connectivity index (χ0) is 20.2. The molecular weight excluding hydrogens is 387 g/mol. The lowest BCUT2D eigenvalue weighted by atomic mass is 10.1. The monoisotopic (exact) mass is 395 g/mol. The number of halogens is 4. The summed E-state index contributed by atoms with van der Waals surface area (Å²) in [4.78, 5) is 22.3. The second kappa shape index (κ2) is 7.88. The summed E-state index contributed by atoms with van der Waals surface area (Å²) in [5.41, 5.74) is -1.83. The van der Waals surface area contributed by atoms with Gasteiger partial charge in [-0.25, -0.2) is 0 Å². The van der Waals surface area contributed by atoms with Crippen LogP contribution in [0.5, 0.6) is 0 Å². The van der Waals surface area contributed by atoms with Gasteiger partial charge in [-0.15, -0.1) is 0 Å². The van der Waals surface area contributed by atoms with Gasteiger partial charge in [-0.3, -0.25) is 14.9 Å². The molecule has 0 heterocycles. The van der Waals surface area contributed by atoms with Gasteiger partial charge in [0.05, 0.1) is 10.5 Å². The molecule has 1 amide bonds. The Balaban J connectivity index is 2.29. The van der Waals surface area contributed by atoms with E-state index >= 15 is 0 Å². The van der Waals surface area contributed by atoms with Gasteiger partial charge < -0.3 is 5.32 Å². The third-order valence-corrected chi connectivity index (χ3v) is 3.61. The second-order valence-electron chi connectivity index (χ2n) is 5.17. The average molecular weight is 396 g/mol. The van der Waals surface area contributed by atoms with E-state index < -0.39 is 33.8 Å². The largest absolute Gasteiger partial charge is 0.416 e. The van der Waals surface area contributed by atoms with E-state index in [-0.39, 0.29) is 16.3 Å². The molecule has 6 nitrogen and oxygen atoms in total. The van der Waals surface area contributed by atoms with Crippen LogP contribution in [0, 0.1) is 21.4 Å². The number of carbonyl (C=O) groups is 1. The smallest absolute Gasteiger partial charge is 0.321 e. The number of nitriles is 1. The molecule has 0 unspecified atom stereocenters. The van der Waals surface area contributed by atoms with Crippen LogP contribution in [0.2, 0.25) is 5.02 Å². The summed E-state index contributed by atoms with van der Waals surface area (Å²) in [5, 5.41) is 22.1. The van der Waals surface area contributed by atoms with Crippen molar-refractivity contribution in [2.45, 2.75) is 6.18 Å². The fraction of sp³-hybridized carbons (Fsp3) is 0.0588. The molecule has 0 saturated heterocycles. The number of rotatable bonds is 4. The summed E-state index contributed by atoms with van der Waals surface area (Å²) in [5.74, 6) is -0.963. The molecule has 1 N–H and O–H groups in total. The molecule has 0 bridgehead atoms. The minimum absolute atomic E-state index is 0.121. The molecule has 0 aliphatic heterocycles. The highest BCUT2D eigenvalue weighted by molar-refractivity contribution is 6.32. The summed E-state index contributed by atoms with van der Waals surface area (Å²) < 4.78 is 38.1. The second-order valence-corrected chi connectivity index (χ2v) is 5.58. The van der Waals surface area contributed by atoms with E-state index in [9.17, 15) is 28.1 Å². The van der Waals surface area contributed by atoms with Crippen LogP contribution in [0.4, 0.5) is 24.5 Å². The summed E-state index contributed by atoms with van der Waals surface area (Å²) in [7, 11) is 0. The summed E-state index contributed by atoms with van der Waals surface area (Å²) in [6.45, 7) is 0. The van der Waals surface area contributed by atoms with Crippen molar-refractivity contribution in [3.05, 3.63) is 74.3 Å². The van der Waals surface area contributed by atoms with Crippen molar-refractivity contribution in [2.75, 3.05) is 5.32 Å². The van der Waals surface area contributed by atoms with Crippen LogP contribution in [-0.2, 0) is 11.0 Å². The van der Waals surface area contributed by atoms with Gasteiger partial charge in [-0.2, -0.15) is 18.4 Å². The molecule has 2 aromatic carbocycles. The van der Waals surface area contributed by atoms with E-state index in [1.165, 1.54) is 18.2 Å². The average Bonchev–Trinajstić information content (AvgIpc) is 2.60. The Labute approximate surface area is 155 Å². The Morgan fingerprint density at radius 2 is 1.96 bits per heavy atom. The molecule has 0 radical (unpaired) electrons. The van der Waals surface area contributed by atoms with Crippen molar-refractivity contribution in [3.63, 3.8) is 0 Å². The van der Waals surface area contributed by atoms with Crippen LogP contribution in [-0.4, -0.2) is 10.8 Å². The van der Waals surface area contributed by atoms with E-state index in [2.05, 4.69) is 5.32 Å². The van der Waals surface area contributed by atoms with Gasteiger partial charge in [-0.1, -0.05) is 23.7 Å². The van der Waals surface area contributed by atoms with Crippen molar-refractivity contribution in [1.29, 1.82) is 5.26 Å². The van der Waals surface area contributed by atoms with Crippen LogP contribution >= 0.6 is 11.6 Å². The number of nitro benzene ring substituents is 1. The lowest BCUT2D eigenvalue weighted by Crippen LogP contribution is -2.14. The topological polar surface area (TPSA) is 96.0 Å². The normalized spacial score (nSPS) is 11.6. The van der Waals surface area contributed by atoms with Gasteiger partial charge >= 0.3 is 6.18 Å². The van der Waals surface area contributed by atoms with Gasteiger partial charge in [0.2, 0.25) is 0 Å². The van der Waals surface area contributed by atoms with Crippen molar-refractivity contribution in [1.82, 2.24) is 0 Å². The van der Waals surface area contributed by atoms with E-state index in [1.807, 2.05) is 0 Å². The highest BCUT2D eigenvalue weighted by atomic mass is 35.5. The predicted octanol–water partition coefficient (Wildman–Crippen LogP) is 4.81. The first-order chi connectivity index (χ1) is 12.6. The molecule has 0 fully saturated rings. The predicted molar refractivity (Wildman–Crippen MR) is 91.8 cm³/mol. The van der Waals surface area contributed by atoms with Gasteiger partial charge in [0.15, 0.2) is 0 Å². The van der Waals surface area contributed by atoms with E-state index in [1.54, 1.807) is 6.07 Å². The molecule has 0 spiro atoms. The van der Waals surface area contributed by atoms with Crippen LogP contribution in [0.15, 0.2) is 48.0 Å². The Hall–Kier alpha value is -3.38. The fourth-order valence-electron chi connectivity index (χ4n) is 2.05. The number of hydrogen-bond acceptors (Lipinski definition) is 4. The maximum Gasteiger partial charge on any atom is 0.416 e. The van der Waals surface area contributed by atoms with Crippen molar-refractivity contribution < 1.29 is 22.9 Å². The third-order valence-electron chi connectivity index (χ3n) is 3.29. The zero-order valence-electron chi connectivity index (χ0n) is 13.2. The first kappa shape index (κ1) is 19.9. The number of nitrogens with one attached hydrogen (secondary N) is 1. The van der Waals surface area contributed by atoms with Crippen molar-refractivity contribution in [3.8, 4) is 6.07 Å². The Bertz CT molecular complexity index is 981. The quantitative estimate of drug-likeness (QED) is 0.347. The number of hydrogen-bond donors (Lipinski definition) is 1. The molecule has 2 rings (SSSR count). The molecular formula is C17H9ClF3N3O3. The van der Waals surface area contributed by atoms with Gasteiger partial charge in [0.25, 0.3) is 11.6 Å². The highest BCUT2D eigenvalue weighted by Gasteiger charge is 2.30. The number of carbonyl (C=O) groups excluding carboxylic acids is 1. The minimum Gasteiger partial charge on any atom is -0.321 e. The lowest BCUT2D eigenvalue weighted by Gasteiger charge is -2.09. The number of amides is 1. The molecule has 27 heavy (non-hydrogen) atoms. The molecule has 0 atom stereocenters. The summed E-state index contributed by atoms with van der Waals surface area (Å²) >= 11 is 5.68. The Morgan fingerprint density at radius 3 is 2.56 bits per heavy atom. The maximum absolute atomic E-state index is 12.7. The summed E-state index contributed by atoms with van der Waals surface area (Å²) in [6.07, 6.45) is -3.52. The standard InChI is InChI=1S/C17H9ClF3N3O3/c18-14-5-4-10(7-15(14)24(26)27)6-11(9-22)16(25)23-13-3-1-2-12(8-13)17(19,20)21/h1-8H,(H,23,25)/b11-6-. The van der Waals surface area contributed by atoms with Crippen molar-refractivity contribution >= 4 is 35.0 Å². The highest BCUT2D eigenvalue weighted by Crippen LogP contribution is 2.31. The molecule has 0 aliphatic rings. The number of nitro groups is 1. The molecule has 10 heteroatoms. The maximum atomic E-state index is 12.7. The fourth-order valence-corrected chi connectivity index (χ4v) is 2.23. The molecule has 0 aliphatic carbocycles. The van der Waals surface area contributed by atoms with Crippen LogP contribution in [0.3, 0.4) is 0 Å².